The standard InChI is InChI=1S/C18H23ClN4O/c1-12-10-17(22-15-11-13(19)8-9-16(15)24-2)23-18(20-12)21-14-6-4-3-5-7-14/h8-11,14H,3-7H2,1-2H3,(H2,20,21,22,23). The van der Waals surface area contributed by atoms with Crippen LogP contribution in [0.4, 0.5) is 17.5 Å². The summed E-state index contributed by atoms with van der Waals surface area (Å²) in [6.07, 6.45) is 6.24. The minimum atomic E-state index is 0.467. The van der Waals surface area contributed by atoms with Gasteiger partial charge in [-0.3, -0.25) is 0 Å². The van der Waals surface area contributed by atoms with Gasteiger partial charge in [0.1, 0.15) is 11.6 Å². The first-order valence-corrected chi connectivity index (χ1v) is 8.74. The average Bonchev–Trinajstić information content (AvgIpc) is 2.55. The molecule has 1 heterocycles. The smallest absolute Gasteiger partial charge is 0.225 e. The molecule has 2 N–H and O–H groups in total. The normalized spacial score (nSPS) is 15.1. The number of aryl methyl sites for hydroxylation is 1. The van der Waals surface area contributed by atoms with Crippen LogP contribution in [0.1, 0.15) is 37.8 Å². The fourth-order valence-corrected chi connectivity index (χ4v) is 3.21. The van der Waals surface area contributed by atoms with Crippen molar-refractivity contribution in [3.8, 4) is 5.75 Å². The van der Waals surface area contributed by atoms with Gasteiger partial charge in [0.05, 0.1) is 12.8 Å². The zero-order chi connectivity index (χ0) is 16.9. The van der Waals surface area contributed by atoms with Crippen molar-refractivity contribution in [2.75, 3.05) is 17.7 Å². The van der Waals surface area contributed by atoms with E-state index >= 15 is 0 Å². The monoisotopic (exact) mass is 346 g/mol. The maximum Gasteiger partial charge on any atom is 0.225 e. The molecule has 1 aromatic carbocycles. The molecule has 5 nitrogen and oxygen atoms in total. The van der Waals surface area contributed by atoms with E-state index in [9.17, 15) is 0 Å². The molecule has 0 amide bonds. The zero-order valence-electron chi connectivity index (χ0n) is 14.1. The third kappa shape index (κ3) is 4.29. The van der Waals surface area contributed by atoms with E-state index in [-0.39, 0.29) is 0 Å². The van der Waals surface area contributed by atoms with Gasteiger partial charge in [0.25, 0.3) is 0 Å². The molecule has 1 aliphatic rings. The van der Waals surface area contributed by atoms with Gasteiger partial charge in [-0.1, -0.05) is 30.9 Å². The van der Waals surface area contributed by atoms with E-state index in [0.717, 1.165) is 22.9 Å². The predicted octanol–water partition coefficient (Wildman–Crippen LogP) is 4.94. The van der Waals surface area contributed by atoms with Crippen LogP contribution in [-0.2, 0) is 0 Å². The molecule has 0 atom stereocenters. The molecule has 6 heteroatoms. The summed E-state index contributed by atoms with van der Waals surface area (Å²) in [5, 5.41) is 7.39. The third-order valence-corrected chi connectivity index (χ3v) is 4.45. The number of benzene rings is 1. The van der Waals surface area contributed by atoms with E-state index in [4.69, 9.17) is 16.3 Å². The lowest BCUT2D eigenvalue weighted by Crippen LogP contribution is -2.23. The van der Waals surface area contributed by atoms with Crippen LogP contribution in [0.3, 0.4) is 0 Å². The Hall–Kier alpha value is -2.01. The number of hydrogen-bond acceptors (Lipinski definition) is 5. The molecule has 1 fully saturated rings. The largest absolute Gasteiger partial charge is 0.495 e. The van der Waals surface area contributed by atoms with Crippen LogP contribution < -0.4 is 15.4 Å². The topological polar surface area (TPSA) is 59.1 Å². The third-order valence-electron chi connectivity index (χ3n) is 4.22. The number of methoxy groups -OCH3 is 1. The molecular weight excluding hydrogens is 324 g/mol. The van der Waals surface area contributed by atoms with Gasteiger partial charge >= 0.3 is 0 Å². The Kier molecular flexibility index (Phi) is 5.41. The molecule has 24 heavy (non-hydrogen) atoms. The van der Waals surface area contributed by atoms with Gasteiger partial charge in [-0.25, -0.2) is 4.98 Å². The quantitative estimate of drug-likeness (QED) is 0.803. The Morgan fingerprint density at radius 2 is 1.92 bits per heavy atom. The number of hydrogen-bond donors (Lipinski definition) is 2. The second-order valence-corrected chi connectivity index (χ2v) is 6.60. The summed E-state index contributed by atoms with van der Waals surface area (Å²) in [5.74, 6) is 2.12. The van der Waals surface area contributed by atoms with Crippen molar-refractivity contribution in [3.05, 3.63) is 35.0 Å². The first-order valence-electron chi connectivity index (χ1n) is 8.37. The number of halogens is 1. The van der Waals surface area contributed by atoms with Gasteiger partial charge in [0.2, 0.25) is 5.95 Å². The first kappa shape index (κ1) is 16.8. The van der Waals surface area contributed by atoms with Crippen molar-refractivity contribution in [2.45, 2.75) is 45.1 Å². The lowest BCUT2D eigenvalue weighted by atomic mass is 9.96. The maximum absolute atomic E-state index is 6.09. The lowest BCUT2D eigenvalue weighted by Gasteiger charge is -2.23. The van der Waals surface area contributed by atoms with Crippen molar-refractivity contribution in [1.82, 2.24) is 9.97 Å². The predicted molar refractivity (Wildman–Crippen MR) is 98.6 cm³/mol. The summed E-state index contributed by atoms with van der Waals surface area (Å²) in [4.78, 5) is 9.11. The summed E-state index contributed by atoms with van der Waals surface area (Å²) in [5.41, 5.74) is 1.69. The number of nitrogens with zero attached hydrogens (tertiary/aromatic N) is 2. The maximum atomic E-state index is 6.09. The first-order chi connectivity index (χ1) is 11.6. The molecule has 0 unspecified atom stereocenters. The average molecular weight is 347 g/mol. The Morgan fingerprint density at radius 1 is 1.12 bits per heavy atom. The van der Waals surface area contributed by atoms with Gasteiger partial charge in [0.15, 0.2) is 0 Å². The van der Waals surface area contributed by atoms with Crippen molar-refractivity contribution in [1.29, 1.82) is 0 Å². The fraction of sp³-hybridized carbons (Fsp3) is 0.444. The van der Waals surface area contributed by atoms with Crippen LogP contribution in [0, 0.1) is 6.92 Å². The highest BCUT2D eigenvalue weighted by atomic mass is 35.5. The van der Waals surface area contributed by atoms with Gasteiger partial charge in [0, 0.05) is 22.8 Å². The Bertz CT molecular complexity index is 701. The van der Waals surface area contributed by atoms with Gasteiger partial charge in [-0.05, 0) is 38.0 Å². The highest BCUT2D eigenvalue weighted by Gasteiger charge is 2.15. The minimum Gasteiger partial charge on any atom is -0.495 e. The molecule has 0 spiro atoms. The molecule has 1 saturated carbocycles. The van der Waals surface area contributed by atoms with E-state index in [1.54, 1.807) is 13.2 Å². The number of anilines is 3. The van der Waals surface area contributed by atoms with Crippen LogP contribution in [-0.4, -0.2) is 23.1 Å². The van der Waals surface area contributed by atoms with E-state index in [1.165, 1.54) is 32.1 Å². The van der Waals surface area contributed by atoms with Crippen molar-refractivity contribution in [2.24, 2.45) is 0 Å². The van der Waals surface area contributed by atoms with Crippen molar-refractivity contribution >= 4 is 29.1 Å². The zero-order valence-corrected chi connectivity index (χ0v) is 14.9. The van der Waals surface area contributed by atoms with Gasteiger partial charge < -0.3 is 15.4 Å². The number of rotatable bonds is 5. The Labute approximate surface area is 147 Å². The van der Waals surface area contributed by atoms with Gasteiger partial charge in [-0.15, -0.1) is 0 Å². The van der Waals surface area contributed by atoms with Crippen molar-refractivity contribution in [3.63, 3.8) is 0 Å². The molecule has 128 valence electrons. The fourth-order valence-electron chi connectivity index (χ4n) is 3.04. The Morgan fingerprint density at radius 3 is 2.67 bits per heavy atom. The molecule has 1 aromatic heterocycles. The van der Waals surface area contributed by atoms with Crippen LogP contribution >= 0.6 is 11.6 Å². The van der Waals surface area contributed by atoms with E-state index in [2.05, 4.69) is 20.6 Å². The molecule has 2 aromatic rings. The number of nitrogens with one attached hydrogen (secondary N) is 2. The lowest BCUT2D eigenvalue weighted by molar-refractivity contribution is 0.417. The number of aromatic nitrogens is 2. The second kappa shape index (κ2) is 7.71. The molecule has 0 aliphatic heterocycles. The van der Waals surface area contributed by atoms with E-state index in [0.29, 0.717) is 17.0 Å². The number of ether oxygens (including phenoxy) is 1. The molecule has 0 saturated heterocycles. The van der Waals surface area contributed by atoms with E-state index in [1.807, 2.05) is 25.1 Å². The summed E-state index contributed by atoms with van der Waals surface area (Å²) < 4.78 is 5.37. The second-order valence-electron chi connectivity index (χ2n) is 6.17. The highest BCUT2D eigenvalue weighted by Crippen LogP contribution is 2.30. The molecule has 3 rings (SSSR count). The van der Waals surface area contributed by atoms with Gasteiger partial charge in [-0.2, -0.15) is 4.98 Å². The summed E-state index contributed by atoms with van der Waals surface area (Å²) >= 11 is 6.09. The Balaban J connectivity index is 1.79. The summed E-state index contributed by atoms with van der Waals surface area (Å²) in [6.45, 7) is 1.97. The molecular formula is C18H23ClN4O. The summed E-state index contributed by atoms with van der Waals surface area (Å²) in [7, 11) is 1.63. The van der Waals surface area contributed by atoms with Crippen LogP contribution in [0.25, 0.3) is 0 Å². The van der Waals surface area contributed by atoms with Crippen LogP contribution in [0.2, 0.25) is 5.02 Å². The molecule has 0 bridgehead atoms. The highest BCUT2D eigenvalue weighted by molar-refractivity contribution is 6.31. The van der Waals surface area contributed by atoms with Crippen molar-refractivity contribution < 1.29 is 4.74 Å². The molecule has 1 aliphatic carbocycles. The molecule has 0 radical (unpaired) electrons. The van der Waals surface area contributed by atoms with Crippen LogP contribution in [0.5, 0.6) is 5.75 Å². The minimum absolute atomic E-state index is 0.467. The van der Waals surface area contributed by atoms with Crippen LogP contribution in [0.15, 0.2) is 24.3 Å². The van der Waals surface area contributed by atoms with E-state index < -0.39 is 0 Å². The summed E-state index contributed by atoms with van der Waals surface area (Å²) in [6, 6.07) is 7.83. The SMILES string of the molecule is COc1ccc(Cl)cc1Nc1cc(C)nc(NC2CCCCC2)n1.